The molecule has 0 heterocycles. The zero-order chi connectivity index (χ0) is 16.5. The van der Waals surface area contributed by atoms with Crippen LogP contribution in [0.15, 0.2) is 35.9 Å². The van der Waals surface area contributed by atoms with E-state index in [0.29, 0.717) is 13.0 Å². The molecule has 4 heteroatoms. The largest absolute Gasteiger partial charge is 0.385 e. The van der Waals surface area contributed by atoms with E-state index in [1.54, 1.807) is 0 Å². The molecule has 1 aliphatic carbocycles. The van der Waals surface area contributed by atoms with Gasteiger partial charge in [0.05, 0.1) is 0 Å². The summed E-state index contributed by atoms with van der Waals surface area (Å²) in [5.41, 5.74) is 3.73. The molecule has 1 amide bonds. The van der Waals surface area contributed by atoms with Gasteiger partial charge in [0, 0.05) is 45.0 Å². The van der Waals surface area contributed by atoms with Crippen molar-refractivity contribution in [3.05, 3.63) is 35.9 Å². The van der Waals surface area contributed by atoms with Crippen molar-refractivity contribution >= 4 is 17.3 Å². The minimum atomic E-state index is 0.124. The predicted octanol–water partition coefficient (Wildman–Crippen LogP) is 3.56. The Morgan fingerprint density at radius 2 is 1.91 bits per heavy atom. The maximum atomic E-state index is 11.8. The first kappa shape index (κ1) is 17.4. The maximum Gasteiger partial charge on any atom is 0.221 e. The van der Waals surface area contributed by atoms with Gasteiger partial charge in [-0.25, -0.2) is 0 Å². The first-order chi connectivity index (χ1) is 11.1. The number of amides is 1. The zero-order valence-electron chi connectivity index (χ0n) is 14.4. The van der Waals surface area contributed by atoms with E-state index in [0.717, 1.165) is 18.7 Å². The summed E-state index contributed by atoms with van der Waals surface area (Å²) in [4.78, 5) is 13.9. The number of carbonyl (C=O) groups is 1. The standard InChI is InChI=1S/C19H29N3O/c1-22(2)18-10-8-17(9-11-18)20-15-13-19(23)21-14-12-16-6-4-3-5-7-16/h6,8-11,20H,3-5,7,12-15H2,1-2H3,(H,21,23). The lowest BCUT2D eigenvalue weighted by Gasteiger charge is -2.14. The Hall–Kier alpha value is -1.97. The normalized spacial score (nSPS) is 14.1. The Morgan fingerprint density at radius 3 is 2.57 bits per heavy atom. The Bertz CT molecular complexity index is 520. The van der Waals surface area contributed by atoms with E-state index in [1.165, 1.54) is 36.9 Å². The molecule has 0 saturated heterocycles. The highest BCUT2D eigenvalue weighted by Crippen LogP contribution is 2.19. The number of hydrogen-bond donors (Lipinski definition) is 2. The Morgan fingerprint density at radius 1 is 1.13 bits per heavy atom. The number of hydrogen-bond acceptors (Lipinski definition) is 3. The van der Waals surface area contributed by atoms with Crippen molar-refractivity contribution < 1.29 is 4.79 Å². The van der Waals surface area contributed by atoms with Crippen LogP contribution < -0.4 is 15.5 Å². The topological polar surface area (TPSA) is 44.4 Å². The molecule has 126 valence electrons. The second-order valence-corrected chi connectivity index (χ2v) is 6.33. The Kier molecular flexibility index (Phi) is 6.98. The molecule has 0 saturated carbocycles. The summed E-state index contributed by atoms with van der Waals surface area (Å²) in [6, 6.07) is 8.23. The van der Waals surface area contributed by atoms with Crippen LogP contribution in [-0.2, 0) is 4.79 Å². The van der Waals surface area contributed by atoms with Gasteiger partial charge in [-0.15, -0.1) is 0 Å². The molecule has 2 rings (SSSR count). The third-order valence-corrected chi connectivity index (χ3v) is 4.22. The number of anilines is 2. The van der Waals surface area contributed by atoms with Crippen molar-refractivity contribution in [1.82, 2.24) is 5.32 Å². The van der Waals surface area contributed by atoms with E-state index in [4.69, 9.17) is 0 Å². The van der Waals surface area contributed by atoms with Crippen molar-refractivity contribution in [3.8, 4) is 0 Å². The van der Waals surface area contributed by atoms with Crippen molar-refractivity contribution in [3.63, 3.8) is 0 Å². The molecule has 0 radical (unpaired) electrons. The van der Waals surface area contributed by atoms with Crippen LogP contribution in [-0.4, -0.2) is 33.1 Å². The molecule has 0 aliphatic heterocycles. The summed E-state index contributed by atoms with van der Waals surface area (Å²) in [6.45, 7) is 1.43. The number of benzene rings is 1. The van der Waals surface area contributed by atoms with Gasteiger partial charge >= 0.3 is 0 Å². The first-order valence-corrected chi connectivity index (χ1v) is 8.61. The molecule has 4 nitrogen and oxygen atoms in total. The third kappa shape index (κ3) is 6.35. The quantitative estimate of drug-likeness (QED) is 0.721. The van der Waals surface area contributed by atoms with Crippen LogP contribution in [0.5, 0.6) is 0 Å². The minimum Gasteiger partial charge on any atom is -0.385 e. The number of rotatable bonds is 8. The van der Waals surface area contributed by atoms with Gasteiger partial charge in [-0.3, -0.25) is 4.79 Å². The zero-order valence-corrected chi connectivity index (χ0v) is 14.4. The van der Waals surface area contributed by atoms with E-state index in [9.17, 15) is 4.79 Å². The van der Waals surface area contributed by atoms with Crippen LogP contribution >= 0.6 is 0 Å². The molecule has 1 aromatic carbocycles. The molecule has 0 fully saturated rings. The highest BCUT2D eigenvalue weighted by molar-refractivity contribution is 5.76. The SMILES string of the molecule is CN(C)c1ccc(NCCC(=O)NCCC2=CCCCC2)cc1. The molecular formula is C19H29N3O. The fourth-order valence-electron chi connectivity index (χ4n) is 2.78. The second kappa shape index (κ2) is 9.23. The van der Waals surface area contributed by atoms with Crippen molar-refractivity contribution in [2.45, 2.75) is 38.5 Å². The monoisotopic (exact) mass is 315 g/mol. The molecule has 0 atom stereocenters. The van der Waals surface area contributed by atoms with Gasteiger partial charge in [0.25, 0.3) is 0 Å². The Labute approximate surface area is 140 Å². The van der Waals surface area contributed by atoms with Crippen LogP contribution in [0.4, 0.5) is 11.4 Å². The fourth-order valence-corrected chi connectivity index (χ4v) is 2.78. The van der Waals surface area contributed by atoms with Crippen LogP contribution in [0.25, 0.3) is 0 Å². The van der Waals surface area contributed by atoms with Crippen molar-refractivity contribution in [2.24, 2.45) is 0 Å². The summed E-state index contributed by atoms with van der Waals surface area (Å²) in [7, 11) is 4.05. The lowest BCUT2D eigenvalue weighted by Crippen LogP contribution is -2.26. The molecule has 0 spiro atoms. The number of nitrogens with one attached hydrogen (secondary N) is 2. The molecule has 1 aromatic rings. The Balaban J connectivity index is 1.59. The highest BCUT2D eigenvalue weighted by atomic mass is 16.1. The minimum absolute atomic E-state index is 0.124. The van der Waals surface area contributed by atoms with Gasteiger partial charge in [0.1, 0.15) is 0 Å². The molecule has 23 heavy (non-hydrogen) atoms. The van der Waals surface area contributed by atoms with Gasteiger partial charge in [-0.2, -0.15) is 0 Å². The summed E-state index contributed by atoms with van der Waals surface area (Å²) < 4.78 is 0. The molecular weight excluding hydrogens is 286 g/mol. The van der Waals surface area contributed by atoms with Crippen LogP contribution in [0.1, 0.15) is 38.5 Å². The van der Waals surface area contributed by atoms with Crippen molar-refractivity contribution in [2.75, 3.05) is 37.4 Å². The second-order valence-electron chi connectivity index (χ2n) is 6.33. The maximum absolute atomic E-state index is 11.8. The van der Waals surface area contributed by atoms with Gasteiger partial charge in [-0.05, 0) is 56.4 Å². The summed E-state index contributed by atoms with van der Waals surface area (Å²) in [5, 5.41) is 6.30. The lowest BCUT2D eigenvalue weighted by molar-refractivity contribution is -0.120. The van der Waals surface area contributed by atoms with Crippen LogP contribution in [0, 0.1) is 0 Å². The van der Waals surface area contributed by atoms with E-state index in [2.05, 4.69) is 33.7 Å². The average molecular weight is 315 g/mol. The lowest BCUT2D eigenvalue weighted by atomic mass is 9.97. The molecule has 2 N–H and O–H groups in total. The van der Waals surface area contributed by atoms with E-state index < -0.39 is 0 Å². The van der Waals surface area contributed by atoms with Gasteiger partial charge in [-0.1, -0.05) is 11.6 Å². The summed E-state index contributed by atoms with van der Waals surface area (Å²) >= 11 is 0. The smallest absolute Gasteiger partial charge is 0.221 e. The number of nitrogens with zero attached hydrogens (tertiary/aromatic N) is 1. The van der Waals surface area contributed by atoms with Crippen molar-refractivity contribution in [1.29, 1.82) is 0 Å². The van der Waals surface area contributed by atoms with Crippen LogP contribution in [0.3, 0.4) is 0 Å². The van der Waals surface area contributed by atoms with E-state index >= 15 is 0 Å². The predicted molar refractivity (Wildman–Crippen MR) is 98.1 cm³/mol. The van der Waals surface area contributed by atoms with E-state index in [-0.39, 0.29) is 5.91 Å². The van der Waals surface area contributed by atoms with Crippen LogP contribution in [0.2, 0.25) is 0 Å². The molecule has 0 bridgehead atoms. The fraction of sp³-hybridized carbons (Fsp3) is 0.526. The van der Waals surface area contributed by atoms with Gasteiger partial charge in [0.15, 0.2) is 0 Å². The third-order valence-electron chi connectivity index (χ3n) is 4.22. The van der Waals surface area contributed by atoms with Gasteiger partial charge in [0.2, 0.25) is 5.91 Å². The number of allylic oxidation sites excluding steroid dienone is 1. The first-order valence-electron chi connectivity index (χ1n) is 8.61. The molecule has 1 aliphatic rings. The summed E-state index contributed by atoms with van der Waals surface area (Å²) in [6.07, 6.45) is 8.89. The molecule has 0 unspecified atom stereocenters. The highest BCUT2D eigenvalue weighted by Gasteiger charge is 2.05. The van der Waals surface area contributed by atoms with E-state index in [1.807, 2.05) is 26.2 Å². The summed E-state index contributed by atoms with van der Waals surface area (Å²) in [5.74, 6) is 0.124. The van der Waals surface area contributed by atoms with Gasteiger partial charge < -0.3 is 15.5 Å². The average Bonchev–Trinajstić information content (AvgIpc) is 2.56. The molecule has 0 aromatic heterocycles. The number of carbonyl (C=O) groups excluding carboxylic acids is 1.